The molecule has 0 aliphatic heterocycles. The summed E-state index contributed by atoms with van der Waals surface area (Å²) in [4.78, 5) is 22.8. The van der Waals surface area contributed by atoms with Crippen molar-refractivity contribution >= 4 is 45.0 Å². The van der Waals surface area contributed by atoms with E-state index in [1.807, 2.05) is 0 Å². The van der Waals surface area contributed by atoms with Gasteiger partial charge in [-0.05, 0) is 39.7 Å². The number of nitro benzene ring substituents is 1. The van der Waals surface area contributed by atoms with Crippen LogP contribution >= 0.6 is 27.5 Å². The van der Waals surface area contributed by atoms with Gasteiger partial charge in [-0.1, -0.05) is 27.5 Å². The fourth-order valence-electron chi connectivity index (χ4n) is 2.03. The number of benzene rings is 1. The van der Waals surface area contributed by atoms with Crippen molar-refractivity contribution < 1.29 is 14.5 Å². The van der Waals surface area contributed by atoms with Crippen molar-refractivity contribution in [2.24, 2.45) is 0 Å². The molecule has 0 fully saturated rings. The Morgan fingerprint density at radius 1 is 1.36 bits per heavy atom. The molecule has 0 aromatic heterocycles. The summed E-state index contributed by atoms with van der Waals surface area (Å²) >= 11 is 9.61. The Morgan fingerprint density at radius 3 is 2.48 bits per heavy atom. The number of alkyl halides is 1. The Labute approximate surface area is 161 Å². The maximum absolute atomic E-state index is 12.4. The third kappa shape index (κ3) is 6.70. The normalized spacial score (nSPS) is 11.1. The molecule has 1 aromatic carbocycles. The number of carbonyl (C=O) groups excluding carboxylic acids is 1. The van der Waals surface area contributed by atoms with Gasteiger partial charge >= 0.3 is 6.09 Å². The molecular weight excluding hydrogens is 414 g/mol. The van der Waals surface area contributed by atoms with E-state index in [0.717, 1.165) is 18.2 Å². The third-order valence-corrected chi connectivity index (χ3v) is 4.06. The molecule has 0 heterocycles. The molecule has 0 bridgehead atoms. The quantitative estimate of drug-likeness (QED) is 0.260. The zero-order chi connectivity index (χ0) is 19.2. The zero-order valence-electron chi connectivity index (χ0n) is 14.8. The highest BCUT2D eigenvalue weighted by Gasteiger charge is 2.26. The Morgan fingerprint density at radius 2 is 2.00 bits per heavy atom. The molecule has 0 unspecified atom stereocenters. The van der Waals surface area contributed by atoms with Gasteiger partial charge < -0.3 is 4.74 Å². The standard InChI is InChI=1S/C16H23BrClN3O4/c1-16(2,3)25-15(22)19(4)20(10-6-5-9-17)14-8-7-12(21(23)24)11-13(14)18/h7-8,11H,5-6,9-10H2,1-4H3. The number of unbranched alkanes of at least 4 members (excludes halogenated alkanes) is 1. The molecule has 0 aliphatic carbocycles. The van der Waals surface area contributed by atoms with Gasteiger partial charge in [0.25, 0.3) is 5.69 Å². The number of ether oxygens (including phenoxy) is 1. The zero-order valence-corrected chi connectivity index (χ0v) is 17.1. The van der Waals surface area contributed by atoms with E-state index in [2.05, 4.69) is 15.9 Å². The van der Waals surface area contributed by atoms with E-state index < -0.39 is 16.6 Å². The van der Waals surface area contributed by atoms with Crippen LogP contribution in [0.5, 0.6) is 0 Å². The first-order valence-corrected chi connectivity index (χ1v) is 9.31. The average molecular weight is 437 g/mol. The van der Waals surface area contributed by atoms with Crippen LogP contribution in [-0.4, -0.2) is 40.5 Å². The van der Waals surface area contributed by atoms with Crippen LogP contribution in [0.3, 0.4) is 0 Å². The summed E-state index contributed by atoms with van der Waals surface area (Å²) < 4.78 is 5.39. The van der Waals surface area contributed by atoms with E-state index in [1.54, 1.807) is 32.8 Å². The van der Waals surface area contributed by atoms with Gasteiger partial charge in [0.1, 0.15) is 5.60 Å². The number of halogens is 2. The second-order valence-electron chi connectivity index (χ2n) is 6.42. The minimum atomic E-state index is -0.633. The van der Waals surface area contributed by atoms with E-state index in [9.17, 15) is 14.9 Å². The minimum absolute atomic E-state index is 0.103. The van der Waals surface area contributed by atoms with Gasteiger partial charge in [-0.15, -0.1) is 0 Å². The van der Waals surface area contributed by atoms with Crippen LogP contribution in [0.2, 0.25) is 5.02 Å². The SMILES string of the molecule is CN(C(=O)OC(C)(C)C)N(CCCCBr)c1ccc([N+](=O)[O-])cc1Cl. The highest BCUT2D eigenvalue weighted by molar-refractivity contribution is 9.09. The molecule has 1 amide bonds. The number of non-ortho nitro benzene ring substituents is 1. The van der Waals surface area contributed by atoms with Crippen molar-refractivity contribution in [2.75, 3.05) is 23.9 Å². The van der Waals surface area contributed by atoms with Crippen molar-refractivity contribution in [3.8, 4) is 0 Å². The monoisotopic (exact) mass is 435 g/mol. The van der Waals surface area contributed by atoms with Gasteiger partial charge in [-0.2, -0.15) is 0 Å². The summed E-state index contributed by atoms with van der Waals surface area (Å²) in [6.45, 7) is 5.87. The summed E-state index contributed by atoms with van der Waals surface area (Å²) in [5, 5.41) is 14.9. The van der Waals surface area contributed by atoms with Crippen LogP contribution in [-0.2, 0) is 4.74 Å². The molecule has 1 rings (SSSR count). The second kappa shape index (κ2) is 9.24. The molecule has 25 heavy (non-hydrogen) atoms. The van der Waals surface area contributed by atoms with Crippen molar-refractivity contribution in [2.45, 2.75) is 39.2 Å². The first kappa shape index (κ1) is 21.5. The highest BCUT2D eigenvalue weighted by Crippen LogP contribution is 2.31. The number of nitrogens with zero attached hydrogens (tertiary/aromatic N) is 3. The lowest BCUT2D eigenvalue weighted by atomic mass is 10.2. The van der Waals surface area contributed by atoms with Crippen LogP contribution in [0.25, 0.3) is 0 Å². The van der Waals surface area contributed by atoms with E-state index in [-0.39, 0.29) is 10.7 Å². The van der Waals surface area contributed by atoms with Crippen molar-refractivity contribution in [1.82, 2.24) is 5.01 Å². The molecule has 0 aliphatic rings. The van der Waals surface area contributed by atoms with Crippen LogP contribution in [0, 0.1) is 10.1 Å². The summed E-state index contributed by atoms with van der Waals surface area (Å²) in [5.74, 6) is 0. The number of amides is 1. The van der Waals surface area contributed by atoms with Crippen LogP contribution in [0.15, 0.2) is 18.2 Å². The molecule has 1 aromatic rings. The number of nitro groups is 1. The maximum atomic E-state index is 12.4. The van der Waals surface area contributed by atoms with Gasteiger partial charge in [0, 0.05) is 31.1 Å². The Bertz CT molecular complexity index is 622. The van der Waals surface area contributed by atoms with E-state index in [0.29, 0.717) is 12.2 Å². The Kier molecular flexibility index (Phi) is 7.95. The fourth-order valence-corrected chi connectivity index (χ4v) is 2.70. The molecule has 0 saturated heterocycles. The first-order chi connectivity index (χ1) is 11.6. The largest absolute Gasteiger partial charge is 0.442 e. The highest BCUT2D eigenvalue weighted by atomic mass is 79.9. The summed E-state index contributed by atoms with van der Waals surface area (Å²) in [7, 11) is 1.58. The molecule has 0 atom stereocenters. The summed E-state index contributed by atoms with van der Waals surface area (Å²) in [5.41, 5.74) is -0.226. The first-order valence-electron chi connectivity index (χ1n) is 7.81. The average Bonchev–Trinajstić information content (AvgIpc) is 2.49. The number of anilines is 1. The van der Waals surface area contributed by atoms with Crippen molar-refractivity contribution in [3.05, 3.63) is 33.3 Å². The summed E-state index contributed by atoms with van der Waals surface area (Å²) in [6.07, 6.45) is 1.18. The lowest BCUT2D eigenvalue weighted by Gasteiger charge is -2.35. The van der Waals surface area contributed by atoms with E-state index in [1.165, 1.54) is 23.2 Å². The summed E-state index contributed by atoms with van der Waals surface area (Å²) in [6, 6.07) is 4.18. The molecule has 7 nitrogen and oxygen atoms in total. The number of carbonyl (C=O) groups is 1. The van der Waals surface area contributed by atoms with Gasteiger partial charge in [-0.25, -0.2) is 9.80 Å². The van der Waals surface area contributed by atoms with E-state index in [4.69, 9.17) is 16.3 Å². The topological polar surface area (TPSA) is 75.9 Å². The van der Waals surface area contributed by atoms with Gasteiger partial charge in [0.2, 0.25) is 0 Å². The number of hydrazine groups is 1. The fraction of sp³-hybridized carbons (Fsp3) is 0.562. The molecule has 0 saturated carbocycles. The van der Waals surface area contributed by atoms with Crippen LogP contribution in [0.1, 0.15) is 33.6 Å². The molecule has 0 radical (unpaired) electrons. The van der Waals surface area contributed by atoms with Crippen LogP contribution in [0.4, 0.5) is 16.2 Å². The van der Waals surface area contributed by atoms with Crippen LogP contribution < -0.4 is 5.01 Å². The van der Waals surface area contributed by atoms with E-state index >= 15 is 0 Å². The smallest absolute Gasteiger partial charge is 0.429 e. The third-order valence-electron chi connectivity index (χ3n) is 3.19. The number of hydrogen-bond donors (Lipinski definition) is 0. The van der Waals surface area contributed by atoms with Gasteiger partial charge in [0.05, 0.1) is 15.6 Å². The van der Waals surface area contributed by atoms with Gasteiger partial charge in [0.15, 0.2) is 0 Å². The minimum Gasteiger partial charge on any atom is -0.442 e. The van der Waals surface area contributed by atoms with Crippen molar-refractivity contribution in [1.29, 1.82) is 0 Å². The number of hydrogen-bond acceptors (Lipinski definition) is 5. The predicted octanol–water partition coefficient (Wildman–Crippen LogP) is 5.01. The van der Waals surface area contributed by atoms with Gasteiger partial charge in [-0.3, -0.25) is 15.1 Å². The predicted molar refractivity (Wildman–Crippen MR) is 102 cm³/mol. The molecular formula is C16H23BrClN3O4. The lowest BCUT2D eigenvalue weighted by Crippen LogP contribution is -2.47. The molecule has 140 valence electrons. The lowest BCUT2D eigenvalue weighted by molar-refractivity contribution is -0.384. The molecule has 9 heteroatoms. The maximum Gasteiger partial charge on any atom is 0.429 e. The Balaban J connectivity index is 3.11. The number of rotatable bonds is 7. The molecule has 0 N–H and O–H groups in total. The van der Waals surface area contributed by atoms with Crippen molar-refractivity contribution in [3.63, 3.8) is 0 Å². The second-order valence-corrected chi connectivity index (χ2v) is 7.62. The molecule has 0 spiro atoms. The Hall–Kier alpha value is -1.54.